The van der Waals surface area contributed by atoms with Gasteiger partial charge in [0.1, 0.15) is 0 Å². The molecule has 0 radical (unpaired) electrons. The molecule has 1 N–H and O–H groups in total. The molecule has 0 bridgehead atoms. The number of nitrogens with zero attached hydrogens (tertiary/aromatic N) is 3. The van der Waals surface area contributed by atoms with E-state index >= 15 is 0 Å². The Hall–Kier alpha value is -1.40. The van der Waals surface area contributed by atoms with Crippen LogP contribution in [-0.2, 0) is 29.0 Å². The lowest BCUT2D eigenvalue weighted by Crippen LogP contribution is -2.35. The van der Waals surface area contributed by atoms with Gasteiger partial charge >= 0.3 is 0 Å². The maximum absolute atomic E-state index is 12.4. The predicted octanol–water partition coefficient (Wildman–Crippen LogP) is 2.05. The standard InChI is InChI=1S/C17H28N4O2/c1-20(17(22)9-11-21-10-5-6-12-23-21)13-16-14-7-3-2-4-8-15(14)18-19-16/h2-13H2,1H3,(H,18,19). The quantitative estimate of drug-likeness (QED) is 0.844. The molecule has 0 aromatic carbocycles. The Morgan fingerprint density at radius 2 is 2.13 bits per heavy atom. The maximum Gasteiger partial charge on any atom is 0.224 e. The number of H-pyrrole nitrogens is 1. The first-order valence-corrected chi connectivity index (χ1v) is 8.91. The van der Waals surface area contributed by atoms with Crippen LogP contribution in [0.2, 0.25) is 0 Å². The molecule has 1 fully saturated rings. The number of rotatable bonds is 5. The average Bonchev–Trinajstić information content (AvgIpc) is 2.81. The van der Waals surface area contributed by atoms with E-state index in [1.54, 1.807) is 4.90 Å². The van der Waals surface area contributed by atoms with Crippen molar-refractivity contribution in [3.05, 3.63) is 17.0 Å². The molecule has 2 aliphatic rings. The molecule has 23 heavy (non-hydrogen) atoms. The minimum absolute atomic E-state index is 0.157. The molecular weight excluding hydrogens is 292 g/mol. The molecule has 128 valence electrons. The van der Waals surface area contributed by atoms with Gasteiger partial charge in [0.2, 0.25) is 5.91 Å². The van der Waals surface area contributed by atoms with E-state index in [2.05, 4.69) is 10.2 Å². The number of aromatic amines is 1. The van der Waals surface area contributed by atoms with Gasteiger partial charge in [-0.1, -0.05) is 6.42 Å². The van der Waals surface area contributed by atoms with Crippen LogP contribution in [0.1, 0.15) is 55.5 Å². The second-order valence-electron chi connectivity index (χ2n) is 6.66. The van der Waals surface area contributed by atoms with Gasteiger partial charge in [-0.05, 0) is 44.1 Å². The summed E-state index contributed by atoms with van der Waals surface area (Å²) in [5.74, 6) is 0.157. The van der Waals surface area contributed by atoms with Crippen molar-refractivity contribution >= 4 is 5.91 Å². The van der Waals surface area contributed by atoms with Gasteiger partial charge in [0.15, 0.2) is 0 Å². The number of hydroxylamine groups is 2. The fourth-order valence-corrected chi connectivity index (χ4v) is 3.41. The topological polar surface area (TPSA) is 61.5 Å². The second-order valence-corrected chi connectivity index (χ2v) is 6.66. The van der Waals surface area contributed by atoms with Gasteiger partial charge < -0.3 is 4.90 Å². The summed E-state index contributed by atoms with van der Waals surface area (Å²) < 4.78 is 0. The summed E-state index contributed by atoms with van der Waals surface area (Å²) in [7, 11) is 1.87. The third-order valence-corrected chi connectivity index (χ3v) is 4.86. The van der Waals surface area contributed by atoms with E-state index in [1.165, 1.54) is 30.5 Å². The molecule has 3 rings (SSSR count). The van der Waals surface area contributed by atoms with E-state index in [9.17, 15) is 4.79 Å². The van der Waals surface area contributed by atoms with Crippen molar-refractivity contribution in [1.82, 2.24) is 20.2 Å². The number of carbonyl (C=O) groups is 1. The van der Waals surface area contributed by atoms with E-state index in [-0.39, 0.29) is 5.91 Å². The first-order valence-electron chi connectivity index (χ1n) is 8.91. The van der Waals surface area contributed by atoms with Gasteiger partial charge in [-0.25, -0.2) is 0 Å². The van der Waals surface area contributed by atoms with Gasteiger partial charge in [0.25, 0.3) is 0 Å². The molecule has 1 saturated heterocycles. The third-order valence-electron chi connectivity index (χ3n) is 4.86. The van der Waals surface area contributed by atoms with E-state index in [1.807, 2.05) is 12.1 Å². The minimum Gasteiger partial charge on any atom is -0.340 e. The second kappa shape index (κ2) is 7.93. The van der Waals surface area contributed by atoms with Crippen molar-refractivity contribution in [2.75, 3.05) is 26.7 Å². The van der Waals surface area contributed by atoms with Crippen LogP contribution >= 0.6 is 0 Å². The highest BCUT2D eigenvalue weighted by Gasteiger charge is 2.19. The summed E-state index contributed by atoms with van der Waals surface area (Å²) in [5, 5.41) is 9.56. The minimum atomic E-state index is 0.157. The molecule has 1 aliphatic carbocycles. The Balaban J connectivity index is 1.51. The van der Waals surface area contributed by atoms with Crippen molar-refractivity contribution in [3.63, 3.8) is 0 Å². The van der Waals surface area contributed by atoms with E-state index in [0.717, 1.165) is 44.5 Å². The van der Waals surface area contributed by atoms with E-state index in [4.69, 9.17) is 4.84 Å². The highest BCUT2D eigenvalue weighted by molar-refractivity contribution is 5.76. The fraction of sp³-hybridized carbons (Fsp3) is 0.765. The highest BCUT2D eigenvalue weighted by Crippen LogP contribution is 2.22. The van der Waals surface area contributed by atoms with Gasteiger partial charge in [0.05, 0.1) is 18.8 Å². The zero-order valence-corrected chi connectivity index (χ0v) is 14.1. The summed E-state index contributed by atoms with van der Waals surface area (Å²) in [6, 6.07) is 0. The van der Waals surface area contributed by atoms with Crippen LogP contribution in [0, 0.1) is 0 Å². The normalized spacial score (nSPS) is 19.2. The van der Waals surface area contributed by atoms with Crippen LogP contribution in [0.15, 0.2) is 0 Å². The molecule has 0 unspecified atom stereocenters. The van der Waals surface area contributed by atoms with Crippen LogP contribution in [0.25, 0.3) is 0 Å². The molecule has 6 heteroatoms. The zero-order valence-electron chi connectivity index (χ0n) is 14.1. The number of fused-ring (bicyclic) bond motifs is 1. The number of aromatic nitrogens is 2. The first-order chi connectivity index (χ1) is 11.2. The summed E-state index contributed by atoms with van der Waals surface area (Å²) in [5.41, 5.74) is 3.67. The number of hydrogen-bond acceptors (Lipinski definition) is 4. The van der Waals surface area contributed by atoms with Crippen LogP contribution < -0.4 is 0 Å². The summed E-state index contributed by atoms with van der Waals surface area (Å²) in [6.45, 7) is 3.00. The number of amides is 1. The van der Waals surface area contributed by atoms with Crippen LogP contribution in [0.4, 0.5) is 0 Å². The average molecular weight is 320 g/mol. The van der Waals surface area contributed by atoms with Crippen molar-refractivity contribution in [1.29, 1.82) is 0 Å². The smallest absolute Gasteiger partial charge is 0.224 e. The molecule has 1 aromatic heterocycles. The molecule has 6 nitrogen and oxygen atoms in total. The number of carbonyl (C=O) groups excluding carboxylic acids is 1. The van der Waals surface area contributed by atoms with E-state index < -0.39 is 0 Å². The summed E-state index contributed by atoms with van der Waals surface area (Å²) >= 11 is 0. The predicted molar refractivity (Wildman–Crippen MR) is 87.7 cm³/mol. The van der Waals surface area contributed by atoms with Gasteiger partial charge in [-0.3, -0.25) is 14.7 Å². The molecule has 0 spiro atoms. The molecule has 0 atom stereocenters. The van der Waals surface area contributed by atoms with Gasteiger partial charge in [-0.15, -0.1) is 0 Å². The zero-order chi connectivity index (χ0) is 16.1. The Kier molecular flexibility index (Phi) is 5.67. The summed E-state index contributed by atoms with van der Waals surface area (Å²) in [4.78, 5) is 19.7. The largest absolute Gasteiger partial charge is 0.340 e. The van der Waals surface area contributed by atoms with Crippen molar-refractivity contribution in [2.45, 2.75) is 57.9 Å². The molecular formula is C17H28N4O2. The van der Waals surface area contributed by atoms with Crippen LogP contribution in [-0.4, -0.2) is 52.8 Å². The Morgan fingerprint density at radius 1 is 1.26 bits per heavy atom. The molecule has 1 amide bonds. The van der Waals surface area contributed by atoms with Crippen LogP contribution in [0.5, 0.6) is 0 Å². The van der Waals surface area contributed by atoms with Crippen molar-refractivity contribution < 1.29 is 9.63 Å². The molecule has 2 heterocycles. The van der Waals surface area contributed by atoms with Crippen molar-refractivity contribution in [2.24, 2.45) is 0 Å². The lowest BCUT2D eigenvalue weighted by Gasteiger charge is -2.26. The molecule has 1 aliphatic heterocycles. The number of nitrogens with one attached hydrogen (secondary N) is 1. The lowest BCUT2D eigenvalue weighted by atomic mass is 10.1. The van der Waals surface area contributed by atoms with Gasteiger partial charge in [0, 0.05) is 32.3 Å². The molecule has 1 aromatic rings. The Labute approximate surface area is 138 Å². The van der Waals surface area contributed by atoms with Crippen LogP contribution in [0.3, 0.4) is 0 Å². The van der Waals surface area contributed by atoms with E-state index in [0.29, 0.717) is 19.5 Å². The molecule has 0 saturated carbocycles. The fourth-order valence-electron chi connectivity index (χ4n) is 3.41. The van der Waals surface area contributed by atoms with Crippen molar-refractivity contribution in [3.8, 4) is 0 Å². The maximum atomic E-state index is 12.4. The SMILES string of the molecule is CN(Cc1n[nH]c2c1CCCCC2)C(=O)CCN1CCCCO1. The monoisotopic (exact) mass is 320 g/mol. The Bertz CT molecular complexity index is 523. The number of aryl methyl sites for hydroxylation is 1. The third kappa shape index (κ3) is 4.32. The highest BCUT2D eigenvalue weighted by atomic mass is 16.7. The summed E-state index contributed by atoms with van der Waals surface area (Å²) in [6.07, 6.45) is 8.70. The first kappa shape index (κ1) is 16.5. The Morgan fingerprint density at radius 3 is 2.96 bits per heavy atom. The number of hydrogen-bond donors (Lipinski definition) is 1. The van der Waals surface area contributed by atoms with Gasteiger partial charge in [-0.2, -0.15) is 10.2 Å². The lowest BCUT2D eigenvalue weighted by molar-refractivity contribution is -0.182.